The monoisotopic (exact) mass is 560 g/mol. The average molecular weight is 561 g/mol. The molecular weight excluding hydrogens is 530 g/mol. The van der Waals surface area contributed by atoms with Crippen LogP contribution in [0.3, 0.4) is 0 Å². The molecule has 0 unspecified atom stereocenters. The van der Waals surface area contributed by atoms with Crippen molar-refractivity contribution < 1.29 is 26.3 Å². The van der Waals surface area contributed by atoms with Crippen molar-refractivity contribution in [2.24, 2.45) is 4.99 Å². The molecule has 1 heterocycles. The summed E-state index contributed by atoms with van der Waals surface area (Å²) in [5.74, 6) is 0. The lowest BCUT2D eigenvalue weighted by molar-refractivity contribution is -0.145. The number of alkyl halides is 6. The standard InChI is InChI=1S/C27H31ClF6N4/c1-19-14-20(2)24(22(28)15-19)38-12-7-11-37(18-38)23(25(35-3)27(32,33)34)16-36(17-26(29,30)31)13-10-21-8-5-4-6-9-21/h4-6,8-9,14-15H,3,7,10-13,16-18H2,1-2H3/b25-23-. The molecule has 38 heavy (non-hydrogen) atoms. The first-order valence-corrected chi connectivity index (χ1v) is 12.5. The van der Waals surface area contributed by atoms with E-state index in [-0.39, 0.29) is 31.9 Å². The Kier molecular flexibility index (Phi) is 9.75. The summed E-state index contributed by atoms with van der Waals surface area (Å²) in [6, 6.07) is 12.6. The summed E-state index contributed by atoms with van der Waals surface area (Å²) in [6.07, 6.45) is -8.75. The van der Waals surface area contributed by atoms with E-state index in [2.05, 4.69) is 11.7 Å². The van der Waals surface area contributed by atoms with Crippen LogP contribution in [0.1, 0.15) is 23.1 Å². The molecule has 0 spiro atoms. The van der Waals surface area contributed by atoms with Crippen LogP contribution < -0.4 is 4.90 Å². The summed E-state index contributed by atoms with van der Waals surface area (Å²) in [4.78, 5) is 7.55. The second-order valence-corrected chi connectivity index (χ2v) is 9.85. The van der Waals surface area contributed by atoms with Crippen molar-refractivity contribution >= 4 is 24.0 Å². The number of rotatable bonds is 9. The number of hydrogen-bond acceptors (Lipinski definition) is 4. The Morgan fingerprint density at radius 1 is 1.05 bits per heavy atom. The quantitative estimate of drug-likeness (QED) is 0.243. The lowest BCUT2D eigenvalue weighted by Crippen LogP contribution is -2.48. The van der Waals surface area contributed by atoms with E-state index in [1.54, 1.807) is 36.4 Å². The molecule has 0 bridgehead atoms. The van der Waals surface area contributed by atoms with E-state index in [4.69, 9.17) is 11.6 Å². The molecule has 0 aromatic heterocycles. The first-order chi connectivity index (χ1) is 17.8. The summed E-state index contributed by atoms with van der Waals surface area (Å²) in [5, 5.41) is 0.467. The number of anilines is 1. The van der Waals surface area contributed by atoms with Gasteiger partial charge in [-0.3, -0.25) is 9.89 Å². The minimum absolute atomic E-state index is 0.0204. The van der Waals surface area contributed by atoms with Gasteiger partial charge in [0.05, 0.1) is 29.6 Å². The smallest absolute Gasteiger partial charge is 0.354 e. The summed E-state index contributed by atoms with van der Waals surface area (Å²) < 4.78 is 82.7. The predicted octanol–water partition coefficient (Wildman–Crippen LogP) is 7.01. The SMILES string of the molecule is C=N/C(=C(/CN(CCc1ccccc1)CC(F)(F)F)N1CCCN(c2c(C)cc(C)cc2Cl)C1)C(F)(F)F. The van der Waals surface area contributed by atoms with Gasteiger partial charge in [0, 0.05) is 26.2 Å². The number of allylic oxidation sites excluding steroid dienone is 1. The summed E-state index contributed by atoms with van der Waals surface area (Å²) in [7, 11) is 0. The zero-order chi connectivity index (χ0) is 28.1. The van der Waals surface area contributed by atoms with Crippen LogP contribution in [0.4, 0.5) is 32.0 Å². The van der Waals surface area contributed by atoms with E-state index in [1.165, 1.54) is 4.90 Å². The third-order valence-corrected chi connectivity index (χ3v) is 6.62. The summed E-state index contributed by atoms with van der Waals surface area (Å²) >= 11 is 6.50. The molecule has 11 heteroatoms. The Labute approximate surface area is 224 Å². The van der Waals surface area contributed by atoms with Crippen molar-refractivity contribution in [1.29, 1.82) is 0 Å². The number of nitrogens with zero attached hydrogens (tertiary/aromatic N) is 4. The first kappa shape index (κ1) is 29.8. The molecule has 0 radical (unpaired) electrons. The van der Waals surface area contributed by atoms with Crippen molar-refractivity contribution in [2.75, 3.05) is 44.3 Å². The van der Waals surface area contributed by atoms with Gasteiger partial charge in [-0.2, -0.15) is 26.3 Å². The van der Waals surface area contributed by atoms with Crippen molar-refractivity contribution in [3.63, 3.8) is 0 Å². The molecule has 4 nitrogen and oxygen atoms in total. The van der Waals surface area contributed by atoms with Gasteiger partial charge in [-0.05, 0) is 56.2 Å². The maximum Gasteiger partial charge on any atom is 0.435 e. The van der Waals surface area contributed by atoms with Gasteiger partial charge in [0.2, 0.25) is 0 Å². The minimum atomic E-state index is -4.89. The Bertz CT molecular complexity index is 1110. The molecule has 1 aliphatic heterocycles. The molecule has 0 atom stereocenters. The fourth-order valence-electron chi connectivity index (χ4n) is 4.79. The highest BCUT2D eigenvalue weighted by molar-refractivity contribution is 6.33. The zero-order valence-electron chi connectivity index (χ0n) is 21.3. The van der Waals surface area contributed by atoms with Crippen LogP contribution in [-0.2, 0) is 6.42 Å². The third kappa shape index (κ3) is 8.14. The van der Waals surface area contributed by atoms with Crippen LogP contribution in [0.2, 0.25) is 5.02 Å². The highest BCUT2D eigenvalue weighted by Crippen LogP contribution is 2.36. The molecule has 1 saturated heterocycles. The molecular formula is C27H31ClF6N4. The Morgan fingerprint density at radius 2 is 1.74 bits per heavy atom. The maximum atomic E-state index is 14.1. The molecule has 2 aromatic rings. The van der Waals surface area contributed by atoms with Gasteiger partial charge in [0.1, 0.15) is 0 Å². The number of halogens is 7. The van der Waals surface area contributed by atoms with Crippen LogP contribution in [0.15, 0.2) is 58.9 Å². The van der Waals surface area contributed by atoms with Gasteiger partial charge in [0.25, 0.3) is 0 Å². The molecule has 1 aliphatic rings. The average Bonchev–Trinajstić information content (AvgIpc) is 2.81. The van der Waals surface area contributed by atoms with E-state index < -0.39 is 31.1 Å². The molecule has 0 amide bonds. The van der Waals surface area contributed by atoms with Crippen LogP contribution in [0.5, 0.6) is 0 Å². The van der Waals surface area contributed by atoms with Gasteiger partial charge in [-0.1, -0.05) is 48.0 Å². The Morgan fingerprint density at radius 3 is 2.32 bits per heavy atom. The molecule has 0 saturated carbocycles. The maximum absolute atomic E-state index is 14.1. The van der Waals surface area contributed by atoms with E-state index in [0.29, 0.717) is 23.7 Å². The second-order valence-electron chi connectivity index (χ2n) is 9.45. The lowest BCUT2D eigenvalue weighted by atomic mass is 10.1. The van der Waals surface area contributed by atoms with Crippen molar-refractivity contribution in [3.05, 3.63) is 75.6 Å². The summed E-state index contributed by atoms with van der Waals surface area (Å²) in [5.41, 5.74) is 1.67. The molecule has 208 valence electrons. The van der Waals surface area contributed by atoms with E-state index >= 15 is 0 Å². The minimum Gasteiger partial charge on any atom is -0.354 e. The molecule has 1 fully saturated rings. The van der Waals surface area contributed by atoms with Crippen LogP contribution in [-0.4, -0.2) is 68.3 Å². The zero-order valence-corrected chi connectivity index (χ0v) is 22.1. The molecule has 2 aromatic carbocycles. The topological polar surface area (TPSA) is 22.1 Å². The van der Waals surface area contributed by atoms with Gasteiger partial charge in [-0.25, -0.2) is 0 Å². The number of hydrogen-bond donors (Lipinski definition) is 0. The highest BCUT2D eigenvalue weighted by Gasteiger charge is 2.40. The van der Waals surface area contributed by atoms with Crippen LogP contribution in [0.25, 0.3) is 0 Å². The molecule has 0 aliphatic carbocycles. The summed E-state index contributed by atoms with van der Waals surface area (Å²) in [6.45, 7) is 5.61. The second kappa shape index (κ2) is 12.4. The van der Waals surface area contributed by atoms with Crippen molar-refractivity contribution in [1.82, 2.24) is 9.80 Å². The van der Waals surface area contributed by atoms with Gasteiger partial charge in [0.15, 0.2) is 5.70 Å². The van der Waals surface area contributed by atoms with E-state index in [0.717, 1.165) is 21.6 Å². The van der Waals surface area contributed by atoms with Gasteiger partial charge >= 0.3 is 12.4 Å². The number of aliphatic imine (C=N–C) groups is 1. The van der Waals surface area contributed by atoms with Gasteiger partial charge < -0.3 is 9.80 Å². The fourth-order valence-corrected chi connectivity index (χ4v) is 5.23. The van der Waals surface area contributed by atoms with E-state index in [1.807, 2.05) is 24.8 Å². The Hall–Kier alpha value is -2.72. The predicted molar refractivity (Wildman–Crippen MR) is 140 cm³/mol. The third-order valence-electron chi connectivity index (χ3n) is 6.33. The largest absolute Gasteiger partial charge is 0.435 e. The highest BCUT2D eigenvalue weighted by atomic mass is 35.5. The van der Waals surface area contributed by atoms with E-state index in [9.17, 15) is 26.3 Å². The van der Waals surface area contributed by atoms with Crippen molar-refractivity contribution in [2.45, 2.75) is 39.0 Å². The van der Waals surface area contributed by atoms with Gasteiger partial charge in [-0.15, -0.1) is 0 Å². The number of aryl methyl sites for hydroxylation is 2. The fraction of sp³-hybridized carbons (Fsp3) is 0.444. The van der Waals surface area contributed by atoms with Crippen LogP contribution in [0, 0.1) is 13.8 Å². The van der Waals surface area contributed by atoms with Crippen LogP contribution >= 0.6 is 11.6 Å². The normalized spacial score (nSPS) is 15.6. The first-order valence-electron chi connectivity index (χ1n) is 12.1. The number of benzene rings is 2. The molecule has 0 N–H and O–H groups in total. The van der Waals surface area contributed by atoms with Crippen molar-refractivity contribution in [3.8, 4) is 0 Å². The molecule has 3 rings (SSSR count). The Balaban J connectivity index is 1.96. The lowest BCUT2D eigenvalue weighted by Gasteiger charge is -2.42.